The summed E-state index contributed by atoms with van der Waals surface area (Å²) in [6.07, 6.45) is 0.351. The Morgan fingerprint density at radius 1 is 0.946 bits per heavy atom. The monoisotopic (exact) mass is 523 g/mol. The van der Waals surface area contributed by atoms with E-state index in [4.69, 9.17) is 13.9 Å². The largest absolute Gasteiger partial charge is 0.466 e. The zero-order valence-electron chi connectivity index (χ0n) is 23.2. The fourth-order valence-corrected chi connectivity index (χ4v) is 10.5. The second kappa shape index (κ2) is 9.91. The van der Waals surface area contributed by atoms with Crippen LogP contribution in [0.1, 0.15) is 54.9 Å². The summed E-state index contributed by atoms with van der Waals surface area (Å²) < 4.78 is 18.3. The van der Waals surface area contributed by atoms with Gasteiger partial charge in [-0.15, -0.1) is 0 Å². The molecule has 1 heterocycles. The van der Waals surface area contributed by atoms with E-state index >= 15 is 0 Å². The van der Waals surface area contributed by atoms with Crippen LogP contribution in [-0.2, 0) is 18.7 Å². The predicted octanol–water partition coefficient (Wildman–Crippen LogP) is 4.75. The van der Waals surface area contributed by atoms with Crippen molar-refractivity contribution in [1.82, 2.24) is 4.90 Å². The van der Waals surface area contributed by atoms with Gasteiger partial charge < -0.3 is 18.8 Å². The van der Waals surface area contributed by atoms with E-state index in [1.54, 1.807) is 4.90 Å². The van der Waals surface area contributed by atoms with Crippen LogP contribution in [-0.4, -0.2) is 56.7 Å². The van der Waals surface area contributed by atoms with Crippen LogP contribution in [0.5, 0.6) is 0 Å². The number of ether oxygens (including phenoxy) is 2. The standard InChI is InChI=1S/C30H41NO5Si/c1-8-34-26(32)24-19-30(24)21-31(27(33)36-28(2,3)4)25(30)20-35-37(29(5,6)7,22-15-11-9-12-16-22)23-17-13-10-14-18-23/h9-18,24-25H,8,19-21H2,1-7H3/t24-,25+,30+/m0/s1. The first-order valence-corrected chi connectivity index (χ1v) is 15.2. The Bertz CT molecular complexity index is 1070. The van der Waals surface area contributed by atoms with Crippen LogP contribution in [0, 0.1) is 11.3 Å². The highest BCUT2D eigenvalue weighted by Crippen LogP contribution is 2.63. The highest BCUT2D eigenvalue weighted by molar-refractivity contribution is 6.99. The lowest BCUT2D eigenvalue weighted by molar-refractivity contribution is -0.148. The molecule has 4 rings (SSSR count). The second-order valence-corrected chi connectivity index (χ2v) is 16.6. The van der Waals surface area contributed by atoms with Gasteiger partial charge in [0.1, 0.15) is 5.60 Å². The SMILES string of the molecule is CCOC(=O)[C@@H]1C[C@@]12CN(C(=O)OC(C)(C)C)[C@@H]2CO[Si](c1ccccc1)(c1ccccc1)C(C)(C)C. The first-order valence-electron chi connectivity index (χ1n) is 13.3. The highest BCUT2D eigenvalue weighted by atomic mass is 28.4. The lowest BCUT2D eigenvalue weighted by atomic mass is 9.83. The molecular formula is C30H41NO5Si. The predicted molar refractivity (Wildman–Crippen MR) is 147 cm³/mol. The van der Waals surface area contributed by atoms with Crippen molar-refractivity contribution in [1.29, 1.82) is 0 Å². The molecular weight excluding hydrogens is 482 g/mol. The van der Waals surface area contributed by atoms with E-state index < -0.39 is 13.9 Å². The number of carbonyl (C=O) groups is 2. The van der Waals surface area contributed by atoms with Crippen molar-refractivity contribution in [2.45, 2.75) is 71.6 Å². The third kappa shape index (κ3) is 5.08. The van der Waals surface area contributed by atoms with Crippen molar-refractivity contribution in [2.75, 3.05) is 19.8 Å². The molecule has 7 heteroatoms. The fraction of sp³-hybridized carbons (Fsp3) is 0.533. The van der Waals surface area contributed by atoms with E-state index in [0.717, 1.165) is 0 Å². The Labute approximate surface area is 222 Å². The van der Waals surface area contributed by atoms with Gasteiger partial charge in [0.25, 0.3) is 8.32 Å². The quantitative estimate of drug-likeness (QED) is 0.387. The number of hydrogen-bond donors (Lipinski definition) is 0. The van der Waals surface area contributed by atoms with E-state index in [9.17, 15) is 9.59 Å². The number of rotatable bonds is 7. The third-order valence-electron chi connectivity index (χ3n) is 7.70. The normalized spacial score (nSPS) is 23.4. The smallest absolute Gasteiger partial charge is 0.410 e. The van der Waals surface area contributed by atoms with Crippen LogP contribution < -0.4 is 10.4 Å². The van der Waals surface area contributed by atoms with Gasteiger partial charge in [0.05, 0.1) is 25.2 Å². The summed E-state index contributed by atoms with van der Waals surface area (Å²) in [7, 11) is -2.80. The molecule has 0 unspecified atom stereocenters. The molecule has 2 aliphatic rings. The van der Waals surface area contributed by atoms with Crippen molar-refractivity contribution in [3.63, 3.8) is 0 Å². The Balaban J connectivity index is 1.70. The molecule has 0 bridgehead atoms. The first kappa shape index (κ1) is 27.4. The van der Waals surface area contributed by atoms with E-state index in [2.05, 4.69) is 69.3 Å². The van der Waals surface area contributed by atoms with Gasteiger partial charge in [-0.1, -0.05) is 81.4 Å². The Kier molecular flexibility index (Phi) is 7.34. The summed E-state index contributed by atoms with van der Waals surface area (Å²) in [5.41, 5.74) is -0.915. The Morgan fingerprint density at radius 2 is 1.49 bits per heavy atom. The van der Waals surface area contributed by atoms with Crippen LogP contribution in [0.15, 0.2) is 60.7 Å². The van der Waals surface area contributed by atoms with E-state index in [1.807, 2.05) is 39.8 Å². The Morgan fingerprint density at radius 3 is 1.95 bits per heavy atom. The van der Waals surface area contributed by atoms with Gasteiger partial charge in [-0.2, -0.15) is 0 Å². The minimum atomic E-state index is -2.80. The Hall–Kier alpha value is -2.64. The highest BCUT2D eigenvalue weighted by Gasteiger charge is 2.72. The maximum atomic E-state index is 13.2. The minimum Gasteiger partial charge on any atom is -0.466 e. The summed E-state index contributed by atoms with van der Waals surface area (Å²) in [6, 6.07) is 20.7. The molecule has 0 aromatic heterocycles. The van der Waals surface area contributed by atoms with Crippen molar-refractivity contribution >= 4 is 30.8 Å². The zero-order valence-corrected chi connectivity index (χ0v) is 24.2. The van der Waals surface area contributed by atoms with Gasteiger partial charge in [-0.25, -0.2) is 4.79 Å². The van der Waals surface area contributed by atoms with Gasteiger partial charge in [-0.3, -0.25) is 4.79 Å². The van der Waals surface area contributed by atoms with Gasteiger partial charge in [0.15, 0.2) is 0 Å². The number of hydrogen-bond acceptors (Lipinski definition) is 5. The van der Waals surface area contributed by atoms with Crippen LogP contribution in [0.2, 0.25) is 5.04 Å². The molecule has 2 aromatic rings. The van der Waals surface area contributed by atoms with Gasteiger partial charge in [0, 0.05) is 12.0 Å². The number of esters is 1. The first-order chi connectivity index (χ1) is 17.4. The summed E-state index contributed by atoms with van der Waals surface area (Å²) >= 11 is 0. The maximum Gasteiger partial charge on any atom is 0.410 e. The third-order valence-corrected chi connectivity index (χ3v) is 12.7. The van der Waals surface area contributed by atoms with Gasteiger partial charge in [-0.05, 0) is 49.5 Å². The maximum absolute atomic E-state index is 13.2. The topological polar surface area (TPSA) is 65.1 Å². The number of likely N-dealkylation sites (tertiary alicyclic amines) is 1. The lowest BCUT2D eigenvalue weighted by Crippen LogP contribution is -2.70. The van der Waals surface area contributed by atoms with Crippen LogP contribution in [0.3, 0.4) is 0 Å². The second-order valence-electron chi connectivity index (χ2n) is 12.3. The summed E-state index contributed by atoms with van der Waals surface area (Å²) in [6.45, 7) is 15.3. The molecule has 0 radical (unpaired) electrons. The molecule has 1 saturated carbocycles. The van der Waals surface area contributed by atoms with Crippen molar-refractivity contribution in [3.8, 4) is 0 Å². The van der Waals surface area contributed by atoms with Crippen LogP contribution in [0.4, 0.5) is 4.79 Å². The number of carbonyl (C=O) groups excluding carboxylic acids is 2. The number of amides is 1. The summed E-state index contributed by atoms with van der Waals surface area (Å²) in [5.74, 6) is -0.388. The molecule has 3 atom stereocenters. The average Bonchev–Trinajstić information content (AvgIpc) is 3.58. The number of nitrogens with zero attached hydrogens (tertiary/aromatic N) is 1. The van der Waals surface area contributed by atoms with E-state index in [0.29, 0.717) is 26.2 Å². The molecule has 1 aliphatic heterocycles. The van der Waals surface area contributed by atoms with Gasteiger partial charge in [0.2, 0.25) is 0 Å². The minimum absolute atomic E-state index is 0.179. The molecule has 1 spiro atoms. The van der Waals surface area contributed by atoms with Crippen molar-refractivity contribution in [3.05, 3.63) is 60.7 Å². The molecule has 0 N–H and O–H groups in total. The molecule has 2 aromatic carbocycles. The molecule has 1 amide bonds. The molecule has 6 nitrogen and oxygen atoms in total. The van der Waals surface area contributed by atoms with Crippen LogP contribution in [0.25, 0.3) is 0 Å². The van der Waals surface area contributed by atoms with Crippen LogP contribution >= 0.6 is 0 Å². The van der Waals surface area contributed by atoms with E-state index in [1.165, 1.54) is 10.4 Å². The average molecular weight is 524 g/mol. The van der Waals surface area contributed by atoms with Gasteiger partial charge >= 0.3 is 12.1 Å². The molecule has 1 aliphatic carbocycles. The fourth-order valence-electron chi connectivity index (χ4n) is 5.89. The zero-order chi connectivity index (χ0) is 27.1. The molecule has 1 saturated heterocycles. The van der Waals surface area contributed by atoms with Crippen molar-refractivity contribution < 1.29 is 23.5 Å². The summed E-state index contributed by atoms with van der Waals surface area (Å²) in [4.78, 5) is 27.6. The molecule has 2 fully saturated rings. The summed E-state index contributed by atoms with van der Waals surface area (Å²) in [5, 5.41) is 2.18. The van der Waals surface area contributed by atoms with E-state index in [-0.39, 0.29) is 34.5 Å². The molecule has 37 heavy (non-hydrogen) atoms. The molecule has 200 valence electrons. The number of benzene rings is 2. The van der Waals surface area contributed by atoms with Crippen molar-refractivity contribution in [2.24, 2.45) is 11.3 Å². The lowest BCUT2D eigenvalue weighted by Gasteiger charge is -2.51.